The number of rotatable bonds is 1. The molecule has 1 heterocycles. The Morgan fingerprint density at radius 2 is 2.21 bits per heavy atom. The van der Waals surface area contributed by atoms with E-state index in [9.17, 15) is 4.79 Å². The molecule has 0 spiro atoms. The first-order chi connectivity index (χ1) is 6.49. The first-order valence-corrected chi connectivity index (χ1v) is 4.54. The minimum absolute atomic E-state index is 0.284. The fraction of sp³-hybridized carbons (Fsp3) is 0.364. The van der Waals surface area contributed by atoms with Gasteiger partial charge in [-0.25, -0.2) is 4.79 Å². The third kappa shape index (κ3) is 1.35. The van der Waals surface area contributed by atoms with E-state index in [0.717, 1.165) is 5.56 Å². The van der Waals surface area contributed by atoms with Gasteiger partial charge in [0, 0.05) is 12.0 Å². The van der Waals surface area contributed by atoms with Gasteiger partial charge in [-0.1, -0.05) is 6.07 Å². The van der Waals surface area contributed by atoms with Gasteiger partial charge in [0.05, 0.1) is 5.56 Å². The molecule has 0 saturated heterocycles. The van der Waals surface area contributed by atoms with E-state index < -0.39 is 5.97 Å². The van der Waals surface area contributed by atoms with Crippen molar-refractivity contribution >= 4 is 5.97 Å². The van der Waals surface area contributed by atoms with Crippen molar-refractivity contribution < 1.29 is 14.6 Å². The van der Waals surface area contributed by atoms with Gasteiger partial charge in [-0.3, -0.25) is 0 Å². The number of carboxylic acid groups (broad SMARTS) is 1. The van der Waals surface area contributed by atoms with Gasteiger partial charge in [-0.05, 0) is 26.0 Å². The van der Waals surface area contributed by atoms with Crippen LogP contribution in [0.5, 0.6) is 5.75 Å². The second-order valence-electron chi connectivity index (χ2n) is 4.13. The quantitative estimate of drug-likeness (QED) is 0.741. The first kappa shape index (κ1) is 9.06. The van der Waals surface area contributed by atoms with Crippen LogP contribution in [-0.2, 0) is 6.42 Å². The lowest BCUT2D eigenvalue weighted by atomic mass is 9.97. The highest BCUT2D eigenvalue weighted by molar-refractivity contribution is 5.90. The highest BCUT2D eigenvalue weighted by Gasteiger charge is 2.32. The Labute approximate surface area is 82.3 Å². The Morgan fingerprint density at radius 1 is 1.50 bits per heavy atom. The fourth-order valence-electron chi connectivity index (χ4n) is 1.80. The van der Waals surface area contributed by atoms with Crippen molar-refractivity contribution in [2.75, 3.05) is 0 Å². The van der Waals surface area contributed by atoms with Crippen molar-refractivity contribution in [3.8, 4) is 5.75 Å². The summed E-state index contributed by atoms with van der Waals surface area (Å²) in [5, 5.41) is 8.96. The van der Waals surface area contributed by atoms with Crippen LogP contribution >= 0.6 is 0 Å². The third-order valence-corrected chi connectivity index (χ3v) is 2.35. The Balaban J connectivity index is 2.52. The molecular formula is C11H12O3. The lowest BCUT2D eigenvalue weighted by molar-refractivity contribution is 0.0696. The van der Waals surface area contributed by atoms with Gasteiger partial charge in [-0.2, -0.15) is 0 Å². The van der Waals surface area contributed by atoms with Gasteiger partial charge >= 0.3 is 5.97 Å². The van der Waals surface area contributed by atoms with Crippen molar-refractivity contribution in [2.24, 2.45) is 0 Å². The predicted octanol–water partition coefficient (Wildman–Crippen LogP) is 2.10. The van der Waals surface area contributed by atoms with E-state index in [2.05, 4.69) is 0 Å². The molecule has 0 radical (unpaired) electrons. The van der Waals surface area contributed by atoms with E-state index in [4.69, 9.17) is 9.84 Å². The summed E-state index contributed by atoms with van der Waals surface area (Å²) in [6.07, 6.45) is 0.658. The van der Waals surface area contributed by atoms with Gasteiger partial charge in [0.2, 0.25) is 0 Å². The smallest absolute Gasteiger partial charge is 0.336 e. The van der Waals surface area contributed by atoms with Crippen LogP contribution < -0.4 is 4.74 Å². The van der Waals surface area contributed by atoms with Crippen LogP contribution in [0, 0.1) is 0 Å². The van der Waals surface area contributed by atoms with E-state index in [0.29, 0.717) is 17.7 Å². The number of hydrogen-bond donors (Lipinski definition) is 1. The topological polar surface area (TPSA) is 46.5 Å². The zero-order valence-corrected chi connectivity index (χ0v) is 8.20. The highest BCUT2D eigenvalue weighted by atomic mass is 16.5. The SMILES string of the molecule is CC1(C)Cc2c(cccc2C(=O)O)O1. The molecule has 1 aliphatic heterocycles. The van der Waals surface area contributed by atoms with Gasteiger partial charge in [0.15, 0.2) is 0 Å². The van der Waals surface area contributed by atoms with E-state index in [1.807, 2.05) is 19.9 Å². The molecule has 0 unspecified atom stereocenters. The van der Waals surface area contributed by atoms with E-state index in [1.54, 1.807) is 12.1 Å². The summed E-state index contributed by atoms with van der Waals surface area (Å²) in [7, 11) is 0. The standard InChI is InChI=1S/C11H12O3/c1-11(2)6-8-7(10(12)13)4-3-5-9(8)14-11/h3-5H,6H2,1-2H3,(H,12,13). The minimum Gasteiger partial charge on any atom is -0.487 e. The molecule has 3 nitrogen and oxygen atoms in total. The number of hydrogen-bond acceptors (Lipinski definition) is 2. The Hall–Kier alpha value is -1.51. The molecular weight excluding hydrogens is 180 g/mol. The monoisotopic (exact) mass is 192 g/mol. The van der Waals surface area contributed by atoms with Gasteiger partial charge in [0.25, 0.3) is 0 Å². The second-order valence-corrected chi connectivity index (χ2v) is 4.13. The molecule has 1 N–H and O–H groups in total. The third-order valence-electron chi connectivity index (χ3n) is 2.35. The van der Waals surface area contributed by atoms with Crippen LogP contribution in [0.1, 0.15) is 29.8 Å². The molecule has 0 bridgehead atoms. The molecule has 3 heteroatoms. The second kappa shape index (κ2) is 2.74. The van der Waals surface area contributed by atoms with Crippen LogP contribution in [0.2, 0.25) is 0 Å². The van der Waals surface area contributed by atoms with Crippen molar-refractivity contribution in [1.82, 2.24) is 0 Å². The molecule has 0 aromatic heterocycles. The summed E-state index contributed by atoms with van der Waals surface area (Å²) >= 11 is 0. The molecule has 1 aromatic rings. The van der Waals surface area contributed by atoms with Crippen molar-refractivity contribution in [3.63, 3.8) is 0 Å². The molecule has 0 atom stereocenters. The molecule has 74 valence electrons. The highest BCUT2D eigenvalue weighted by Crippen LogP contribution is 2.36. The summed E-state index contributed by atoms with van der Waals surface area (Å²) in [5.41, 5.74) is 0.881. The molecule has 0 fully saturated rings. The van der Waals surface area contributed by atoms with E-state index in [1.165, 1.54) is 0 Å². The zero-order valence-electron chi connectivity index (χ0n) is 8.20. The fourth-order valence-corrected chi connectivity index (χ4v) is 1.80. The van der Waals surface area contributed by atoms with Crippen LogP contribution in [0.4, 0.5) is 0 Å². The van der Waals surface area contributed by atoms with Crippen molar-refractivity contribution in [2.45, 2.75) is 25.9 Å². The average molecular weight is 192 g/mol. The van der Waals surface area contributed by atoms with E-state index in [-0.39, 0.29) is 5.60 Å². The molecule has 1 aromatic carbocycles. The van der Waals surface area contributed by atoms with E-state index >= 15 is 0 Å². The van der Waals surface area contributed by atoms with Crippen LogP contribution in [0.15, 0.2) is 18.2 Å². The summed E-state index contributed by atoms with van der Waals surface area (Å²) < 4.78 is 5.62. The number of aromatic carboxylic acids is 1. The van der Waals surface area contributed by atoms with Gasteiger partial charge < -0.3 is 9.84 Å². The minimum atomic E-state index is -0.886. The summed E-state index contributed by atoms with van der Waals surface area (Å²) in [6, 6.07) is 5.14. The van der Waals surface area contributed by atoms with Gasteiger partial charge in [-0.15, -0.1) is 0 Å². The van der Waals surface area contributed by atoms with Crippen LogP contribution in [-0.4, -0.2) is 16.7 Å². The number of benzene rings is 1. The molecule has 14 heavy (non-hydrogen) atoms. The average Bonchev–Trinajstić information content (AvgIpc) is 2.36. The predicted molar refractivity (Wildman–Crippen MR) is 51.8 cm³/mol. The zero-order chi connectivity index (χ0) is 10.3. The van der Waals surface area contributed by atoms with Crippen LogP contribution in [0.25, 0.3) is 0 Å². The molecule has 2 rings (SSSR count). The Kier molecular flexibility index (Phi) is 1.77. The number of carbonyl (C=O) groups is 1. The molecule has 0 aliphatic carbocycles. The lowest BCUT2D eigenvalue weighted by Gasteiger charge is -2.16. The normalized spacial score (nSPS) is 17.3. The summed E-state index contributed by atoms with van der Waals surface area (Å²) in [5.74, 6) is -0.182. The van der Waals surface area contributed by atoms with Crippen LogP contribution in [0.3, 0.4) is 0 Å². The number of ether oxygens (including phenoxy) is 1. The summed E-state index contributed by atoms with van der Waals surface area (Å²) in [6.45, 7) is 3.91. The molecule has 0 saturated carbocycles. The summed E-state index contributed by atoms with van der Waals surface area (Å²) in [4.78, 5) is 10.9. The number of carboxylic acids is 1. The maximum atomic E-state index is 10.9. The maximum absolute atomic E-state index is 10.9. The van der Waals surface area contributed by atoms with Gasteiger partial charge in [0.1, 0.15) is 11.4 Å². The first-order valence-electron chi connectivity index (χ1n) is 4.54. The maximum Gasteiger partial charge on any atom is 0.336 e. The van der Waals surface area contributed by atoms with Crippen molar-refractivity contribution in [3.05, 3.63) is 29.3 Å². The Bertz CT molecular complexity index is 394. The Morgan fingerprint density at radius 3 is 2.86 bits per heavy atom. The molecule has 0 amide bonds. The number of fused-ring (bicyclic) bond motifs is 1. The molecule has 1 aliphatic rings. The van der Waals surface area contributed by atoms with Crippen molar-refractivity contribution in [1.29, 1.82) is 0 Å². The lowest BCUT2D eigenvalue weighted by Crippen LogP contribution is -2.24. The largest absolute Gasteiger partial charge is 0.487 e.